The molecule has 0 bridgehead atoms. The van der Waals surface area contributed by atoms with Crippen molar-refractivity contribution in [2.75, 3.05) is 39.6 Å². The quantitative estimate of drug-likeness (QED) is 0.0222. The van der Waals surface area contributed by atoms with Crippen LogP contribution in [-0.2, 0) is 65.4 Å². The summed E-state index contributed by atoms with van der Waals surface area (Å²) in [5.41, 5.74) is 0. The highest BCUT2D eigenvalue weighted by Gasteiger charge is 2.30. The molecule has 0 aliphatic rings. The SMILES string of the molecule is CCCCCCCCCCCCCCCCCCCCCC(=O)O[C@H](COC(=O)CCCCCCCCCCCCC(C)CC)COP(=O)(O)OC[C@@H](O)COP(=O)(O)OC[C@@H](COC(=O)CCCCCCCCC)OC(=O)CCCCCCCCCCC. The molecule has 0 aliphatic heterocycles. The molecule has 0 amide bonds. The molecule has 0 aromatic heterocycles. The number of carbonyl (C=O) groups excluding carboxylic acids is 4. The van der Waals surface area contributed by atoms with Gasteiger partial charge >= 0.3 is 39.5 Å². The lowest BCUT2D eigenvalue weighted by Gasteiger charge is -2.21. The van der Waals surface area contributed by atoms with Gasteiger partial charge in [-0.25, -0.2) is 9.13 Å². The van der Waals surface area contributed by atoms with Gasteiger partial charge in [-0.15, -0.1) is 0 Å². The third kappa shape index (κ3) is 63.2. The van der Waals surface area contributed by atoms with Crippen LogP contribution in [-0.4, -0.2) is 96.7 Å². The van der Waals surface area contributed by atoms with Crippen molar-refractivity contribution in [2.24, 2.45) is 5.92 Å². The molecular weight excluding hydrogens is 1170 g/mol. The van der Waals surface area contributed by atoms with Gasteiger partial charge in [-0.1, -0.05) is 311 Å². The van der Waals surface area contributed by atoms with E-state index >= 15 is 0 Å². The second-order valence-electron chi connectivity index (χ2n) is 25.5. The molecule has 0 saturated carbocycles. The number of phosphoric ester groups is 2. The number of unbranched alkanes of at least 4 members (excludes halogenated alkanes) is 41. The summed E-state index contributed by atoms with van der Waals surface area (Å²) in [4.78, 5) is 72.3. The minimum atomic E-state index is -4.95. The summed E-state index contributed by atoms with van der Waals surface area (Å²) in [7, 11) is -9.89. The van der Waals surface area contributed by atoms with Crippen molar-refractivity contribution >= 4 is 39.5 Å². The first-order valence-electron chi connectivity index (χ1n) is 36.7. The van der Waals surface area contributed by atoms with Gasteiger partial charge in [-0.2, -0.15) is 0 Å². The lowest BCUT2D eigenvalue weighted by molar-refractivity contribution is -0.161. The number of hydrogen-bond donors (Lipinski definition) is 3. The highest BCUT2D eigenvalue weighted by Crippen LogP contribution is 2.45. The molecular formula is C70H136O17P2. The summed E-state index contributed by atoms with van der Waals surface area (Å²) in [5, 5.41) is 10.6. The van der Waals surface area contributed by atoms with Crippen LogP contribution in [0.15, 0.2) is 0 Å². The van der Waals surface area contributed by atoms with Gasteiger partial charge in [-0.05, 0) is 31.6 Å². The summed E-state index contributed by atoms with van der Waals surface area (Å²) >= 11 is 0. The normalized spacial score (nSPS) is 14.4. The highest BCUT2D eigenvalue weighted by atomic mass is 31.2. The van der Waals surface area contributed by atoms with Crippen LogP contribution in [0.25, 0.3) is 0 Å². The lowest BCUT2D eigenvalue weighted by Crippen LogP contribution is -2.30. The Morgan fingerprint density at radius 3 is 0.798 bits per heavy atom. The van der Waals surface area contributed by atoms with Crippen LogP contribution in [0, 0.1) is 5.92 Å². The Kier molecular flexibility index (Phi) is 62.1. The molecule has 6 atom stereocenters. The molecule has 0 aromatic rings. The predicted octanol–water partition coefficient (Wildman–Crippen LogP) is 20.1. The maximum Gasteiger partial charge on any atom is 0.472 e. The summed E-state index contributed by atoms with van der Waals surface area (Å²) in [6.07, 6.45) is 50.1. The van der Waals surface area contributed by atoms with Crippen LogP contribution in [0.5, 0.6) is 0 Å². The first-order valence-corrected chi connectivity index (χ1v) is 39.7. The number of ether oxygens (including phenoxy) is 4. The number of aliphatic hydroxyl groups is 1. The fraction of sp³-hybridized carbons (Fsp3) is 0.943. The van der Waals surface area contributed by atoms with Gasteiger partial charge in [0, 0.05) is 25.7 Å². The largest absolute Gasteiger partial charge is 0.472 e. The number of aliphatic hydroxyl groups excluding tert-OH is 1. The van der Waals surface area contributed by atoms with Crippen molar-refractivity contribution in [2.45, 2.75) is 380 Å². The molecule has 0 heterocycles. The van der Waals surface area contributed by atoms with Gasteiger partial charge in [0.25, 0.3) is 0 Å². The number of hydrogen-bond acceptors (Lipinski definition) is 15. The Morgan fingerprint density at radius 2 is 0.539 bits per heavy atom. The van der Waals surface area contributed by atoms with Crippen molar-refractivity contribution in [3.63, 3.8) is 0 Å². The average molecular weight is 1310 g/mol. The van der Waals surface area contributed by atoms with E-state index in [1.165, 1.54) is 173 Å². The summed E-state index contributed by atoms with van der Waals surface area (Å²) in [6.45, 7) is 7.22. The standard InChI is InChI=1S/C70H136O17P2/c1-6-10-13-16-19-21-22-23-24-25-26-27-28-29-30-36-41-46-51-56-70(75)87-66(60-81-68(73)54-49-44-39-35-32-31-34-38-42-47-52-63(5)9-4)62-85-89(78,79)83-58-64(71)57-82-88(76,77)84-61-65(59-80-67(72)53-48-43-37-18-15-12-8-3)86-69(74)55-50-45-40-33-20-17-14-11-7-2/h63-66,71H,6-62H2,1-5H3,(H,76,77)(H,78,79)/t63?,64-,65+,66+/m0/s1. The molecule has 0 aromatic carbocycles. The highest BCUT2D eigenvalue weighted by molar-refractivity contribution is 7.47. The topological polar surface area (TPSA) is 237 Å². The van der Waals surface area contributed by atoms with E-state index in [1.807, 2.05) is 0 Å². The molecule has 19 heteroatoms. The molecule has 0 saturated heterocycles. The van der Waals surface area contributed by atoms with E-state index in [-0.39, 0.29) is 25.7 Å². The second-order valence-corrected chi connectivity index (χ2v) is 28.4. The fourth-order valence-corrected chi connectivity index (χ4v) is 12.2. The zero-order valence-electron chi connectivity index (χ0n) is 57.6. The van der Waals surface area contributed by atoms with Gasteiger partial charge in [0.05, 0.1) is 26.4 Å². The summed E-state index contributed by atoms with van der Waals surface area (Å²) in [6, 6.07) is 0. The van der Waals surface area contributed by atoms with E-state index in [2.05, 4.69) is 34.6 Å². The third-order valence-electron chi connectivity index (χ3n) is 16.6. The monoisotopic (exact) mass is 1310 g/mol. The molecule has 0 radical (unpaired) electrons. The smallest absolute Gasteiger partial charge is 0.462 e. The first kappa shape index (κ1) is 87.1. The zero-order valence-corrected chi connectivity index (χ0v) is 59.4. The first-order chi connectivity index (χ1) is 43.1. The number of carbonyl (C=O) groups is 4. The minimum absolute atomic E-state index is 0.106. The maximum atomic E-state index is 13.0. The van der Waals surface area contributed by atoms with E-state index in [4.69, 9.17) is 37.0 Å². The average Bonchev–Trinajstić information content (AvgIpc) is 3.70. The third-order valence-corrected chi connectivity index (χ3v) is 18.5. The van der Waals surface area contributed by atoms with Crippen molar-refractivity contribution in [1.29, 1.82) is 0 Å². The number of rotatable bonds is 70. The van der Waals surface area contributed by atoms with E-state index in [0.29, 0.717) is 25.7 Å². The lowest BCUT2D eigenvalue weighted by atomic mass is 9.99. The van der Waals surface area contributed by atoms with Crippen molar-refractivity contribution in [3.8, 4) is 0 Å². The van der Waals surface area contributed by atoms with Crippen LogP contribution in [0.1, 0.15) is 362 Å². The molecule has 528 valence electrons. The molecule has 0 aliphatic carbocycles. The van der Waals surface area contributed by atoms with Gasteiger partial charge < -0.3 is 33.8 Å². The molecule has 0 rings (SSSR count). The Hall–Kier alpha value is -1.94. The molecule has 89 heavy (non-hydrogen) atoms. The summed E-state index contributed by atoms with van der Waals surface area (Å²) < 4.78 is 68.1. The van der Waals surface area contributed by atoms with Crippen molar-refractivity contribution in [3.05, 3.63) is 0 Å². The molecule has 0 spiro atoms. The van der Waals surface area contributed by atoms with Gasteiger partial charge in [0.1, 0.15) is 19.3 Å². The van der Waals surface area contributed by atoms with Crippen LogP contribution < -0.4 is 0 Å². The molecule has 17 nitrogen and oxygen atoms in total. The van der Waals surface area contributed by atoms with E-state index in [1.54, 1.807) is 0 Å². The Balaban J connectivity index is 5.17. The Labute approximate surface area is 543 Å². The molecule has 3 unspecified atom stereocenters. The minimum Gasteiger partial charge on any atom is -0.462 e. The van der Waals surface area contributed by atoms with Crippen LogP contribution in [0.3, 0.4) is 0 Å². The van der Waals surface area contributed by atoms with Crippen molar-refractivity contribution < 1.29 is 80.2 Å². The fourth-order valence-electron chi connectivity index (χ4n) is 10.6. The Bertz CT molecular complexity index is 1720. The van der Waals surface area contributed by atoms with Crippen LogP contribution in [0.2, 0.25) is 0 Å². The zero-order chi connectivity index (χ0) is 65.6. The van der Waals surface area contributed by atoms with Crippen LogP contribution in [0.4, 0.5) is 0 Å². The van der Waals surface area contributed by atoms with Gasteiger partial charge in [-0.3, -0.25) is 37.3 Å². The predicted molar refractivity (Wildman–Crippen MR) is 358 cm³/mol. The van der Waals surface area contributed by atoms with Gasteiger partial charge in [0.2, 0.25) is 0 Å². The van der Waals surface area contributed by atoms with Gasteiger partial charge in [0.15, 0.2) is 12.2 Å². The number of phosphoric acid groups is 2. The Morgan fingerprint density at radius 1 is 0.315 bits per heavy atom. The van der Waals surface area contributed by atoms with E-state index in [0.717, 1.165) is 109 Å². The maximum absolute atomic E-state index is 13.0. The molecule has 0 fully saturated rings. The number of esters is 4. The van der Waals surface area contributed by atoms with Crippen molar-refractivity contribution in [1.82, 2.24) is 0 Å². The summed E-state index contributed by atoms with van der Waals surface area (Å²) in [5.74, 6) is -1.32. The molecule has 3 N–H and O–H groups in total. The second kappa shape index (κ2) is 63.5. The van der Waals surface area contributed by atoms with E-state index < -0.39 is 97.5 Å². The van der Waals surface area contributed by atoms with Crippen LogP contribution >= 0.6 is 15.6 Å². The van der Waals surface area contributed by atoms with E-state index in [9.17, 15) is 43.2 Å².